The lowest BCUT2D eigenvalue weighted by molar-refractivity contribution is -0.133. The van der Waals surface area contributed by atoms with E-state index in [-0.39, 0.29) is 24.2 Å². The van der Waals surface area contributed by atoms with Gasteiger partial charge in [0.2, 0.25) is 5.91 Å². The minimum absolute atomic E-state index is 0.00711. The van der Waals surface area contributed by atoms with E-state index >= 15 is 0 Å². The van der Waals surface area contributed by atoms with E-state index in [1.165, 1.54) is 6.33 Å². The molecule has 0 bridgehead atoms. The average molecular weight is 587 g/mol. The third kappa shape index (κ3) is 4.44. The summed E-state index contributed by atoms with van der Waals surface area (Å²) in [4.78, 5) is 46.5. The van der Waals surface area contributed by atoms with Gasteiger partial charge in [-0.25, -0.2) is 19.7 Å². The number of likely N-dealkylation sites (tertiary alicyclic amines) is 1. The molecule has 2 aliphatic rings. The Labute approximate surface area is 246 Å². The number of aromatic nitrogens is 6. The number of amides is 1. The molecule has 5 aromatic rings. The topological polar surface area (TPSA) is 125 Å². The Hall–Kier alpha value is -4.22. The van der Waals surface area contributed by atoms with E-state index in [2.05, 4.69) is 19.9 Å². The van der Waals surface area contributed by atoms with Gasteiger partial charge in [0.1, 0.15) is 24.3 Å². The van der Waals surface area contributed by atoms with Gasteiger partial charge in [0.15, 0.2) is 5.65 Å². The number of β-amino-alcohol motifs (C(OH)–C–C–N with tert-alkyl or cyclic N) is 1. The van der Waals surface area contributed by atoms with Crippen LogP contribution in [0.2, 0.25) is 5.02 Å². The van der Waals surface area contributed by atoms with Gasteiger partial charge in [-0.05, 0) is 37.5 Å². The summed E-state index contributed by atoms with van der Waals surface area (Å²) in [6.07, 6.45) is 7.11. The van der Waals surface area contributed by atoms with Crippen molar-refractivity contribution in [2.24, 2.45) is 0 Å². The summed E-state index contributed by atoms with van der Waals surface area (Å²) >= 11 is 6.64. The van der Waals surface area contributed by atoms with Crippen molar-refractivity contribution in [2.45, 2.75) is 44.4 Å². The lowest BCUT2D eigenvalue weighted by Crippen LogP contribution is -2.61. The van der Waals surface area contributed by atoms with Gasteiger partial charge in [0.05, 0.1) is 16.5 Å². The van der Waals surface area contributed by atoms with E-state index in [1.54, 1.807) is 10.8 Å². The van der Waals surface area contributed by atoms with Crippen LogP contribution in [0.1, 0.15) is 32.2 Å². The fraction of sp³-hybridized carbons (Fsp3) is 0.367. The van der Waals surface area contributed by atoms with E-state index in [1.807, 2.05) is 63.9 Å². The van der Waals surface area contributed by atoms with Crippen LogP contribution in [0.4, 0.5) is 5.82 Å². The molecule has 42 heavy (non-hydrogen) atoms. The molecule has 11 nitrogen and oxygen atoms in total. The quantitative estimate of drug-likeness (QED) is 0.311. The van der Waals surface area contributed by atoms with Crippen molar-refractivity contribution < 1.29 is 9.90 Å². The normalized spacial score (nSPS) is 17.2. The highest BCUT2D eigenvalue weighted by molar-refractivity contribution is 6.33. The first kappa shape index (κ1) is 26.7. The van der Waals surface area contributed by atoms with E-state index in [0.717, 1.165) is 27.8 Å². The third-order valence-corrected chi connectivity index (χ3v) is 9.03. The molecule has 6 heterocycles. The number of fused-ring (bicyclic) bond motifs is 2. The zero-order chi connectivity index (χ0) is 29.0. The number of anilines is 1. The second-order valence-electron chi connectivity index (χ2n) is 11.3. The second-order valence-corrected chi connectivity index (χ2v) is 11.7. The number of halogens is 1. The Morgan fingerprint density at radius 1 is 1.10 bits per heavy atom. The highest BCUT2D eigenvalue weighted by Gasteiger charge is 2.41. The van der Waals surface area contributed by atoms with Crippen molar-refractivity contribution in [2.75, 3.05) is 31.1 Å². The van der Waals surface area contributed by atoms with Crippen molar-refractivity contribution in [1.82, 2.24) is 34.0 Å². The monoisotopic (exact) mass is 586 g/mol. The fourth-order valence-corrected chi connectivity index (χ4v) is 6.57. The molecular formula is C30H31ClN8O3. The predicted molar refractivity (Wildman–Crippen MR) is 161 cm³/mol. The molecule has 7 rings (SSSR count). The Morgan fingerprint density at radius 3 is 2.64 bits per heavy atom. The van der Waals surface area contributed by atoms with Crippen molar-refractivity contribution in [3.63, 3.8) is 0 Å². The van der Waals surface area contributed by atoms with Crippen LogP contribution < -0.4 is 10.6 Å². The highest BCUT2D eigenvalue weighted by atomic mass is 35.5. The van der Waals surface area contributed by atoms with Crippen LogP contribution in [-0.4, -0.2) is 76.8 Å². The molecule has 0 radical (unpaired) electrons. The van der Waals surface area contributed by atoms with Gasteiger partial charge in [-0.15, -0.1) is 0 Å². The number of benzene rings is 1. The van der Waals surface area contributed by atoms with E-state index in [4.69, 9.17) is 11.6 Å². The summed E-state index contributed by atoms with van der Waals surface area (Å²) in [5.41, 5.74) is 2.77. The van der Waals surface area contributed by atoms with Crippen molar-refractivity contribution >= 4 is 45.5 Å². The number of rotatable bonds is 6. The first-order chi connectivity index (χ1) is 20.3. The number of carbonyl (C=O) groups is 1. The number of carbonyl (C=O) groups excluding carboxylic acids is 1. The smallest absolute Gasteiger partial charge is 0.327 e. The molecule has 12 heteroatoms. The molecule has 0 unspecified atom stereocenters. The van der Waals surface area contributed by atoms with Gasteiger partial charge in [-0.1, -0.05) is 36.7 Å². The number of aliphatic hydroxyl groups is 1. The number of piperidine rings is 1. The molecular weight excluding hydrogens is 556 g/mol. The standard InChI is InChI=1S/C30H31ClN8O3/c1-2-30(42)16-38(17-30)28-25-21(20-6-3-4-7-22(20)31)14-37(27(25)33-18-34-28)15-24(40)36-12-9-19(10-13-36)39-23-8-5-11-32-26(23)35-29(39)41/h3-8,11,14,18-19,42H,2,9-10,12-13,15-17H2,1H3,(H,32,35,41). The summed E-state index contributed by atoms with van der Waals surface area (Å²) in [5, 5.41) is 12.1. The van der Waals surface area contributed by atoms with Gasteiger partial charge in [0, 0.05) is 60.8 Å². The van der Waals surface area contributed by atoms with Gasteiger partial charge >= 0.3 is 5.69 Å². The van der Waals surface area contributed by atoms with Crippen molar-refractivity contribution in [1.29, 1.82) is 0 Å². The zero-order valence-corrected chi connectivity index (χ0v) is 24.0. The molecule has 2 aliphatic heterocycles. The predicted octanol–water partition coefficient (Wildman–Crippen LogP) is 3.61. The second kappa shape index (κ2) is 10.2. The summed E-state index contributed by atoms with van der Waals surface area (Å²) < 4.78 is 3.64. The Morgan fingerprint density at radius 2 is 1.88 bits per heavy atom. The molecule has 2 N–H and O–H groups in total. The Balaban J connectivity index is 1.16. The number of hydrogen-bond donors (Lipinski definition) is 2. The highest BCUT2D eigenvalue weighted by Crippen LogP contribution is 2.41. The number of nitrogens with zero attached hydrogens (tertiary/aromatic N) is 7. The van der Waals surface area contributed by atoms with Crippen molar-refractivity contribution in [3.8, 4) is 11.1 Å². The number of nitrogens with one attached hydrogen (secondary N) is 1. The van der Waals surface area contributed by atoms with Gasteiger partial charge in [-0.3, -0.25) is 14.3 Å². The van der Waals surface area contributed by atoms with Crippen LogP contribution in [0.25, 0.3) is 33.3 Å². The number of pyridine rings is 1. The lowest BCUT2D eigenvalue weighted by atomic mass is 9.91. The first-order valence-corrected chi connectivity index (χ1v) is 14.6. The minimum atomic E-state index is -0.735. The maximum Gasteiger partial charge on any atom is 0.327 e. The summed E-state index contributed by atoms with van der Waals surface area (Å²) in [7, 11) is 0. The molecule has 1 amide bonds. The molecule has 0 saturated carbocycles. The zero-order valence-electron chi connectivity index (χ0n) is 23.2. The summed E-state index contributed by atoms with van der Waals surface area (Å²) in [6.45, 7) is 4.13. The minimum Gasteiger partial charge on any atom is -0.386 e. The summed E-state index contributed by atoms with van der Waals surface area (Å²) in [5.74, 6) is 0.701. The molecule has 0 spiro atoms. The molecule has 1 aromatic carbocycles. The third-order valence-electron chi connectivity index (χ3n) is 8.70. The number of aromatic amines is 1. The molecule has 216 valence electrons. The molecule has 2 fully saturated rings. The SMILES string of the molecule is CCC1(O)CN(c2ncnc3c2c(-c2ccccc2Cl)cn3CC(=O)N2CCC(n3c(=O)[nH]c4ncccc43)CC2)C1. The molecule has 0 atom stereocenters. The first-order valence-electron chi connectivity index (χ1n) is 14.2. The number of hydrogen-bond acceptors (Lipinski definition) is 7. The Bertz CT molecular complexity index is 1860. The largest absolute Gasteiger partial charge is 0.386 e. The molecule has 0 aliphatic carbocycles. The van der Waals surface area contributed by atoms with Crippen LogP contribution in [0.15, 0.2) is 59.9 Å². The van der Waals surface area contributed by atoms with Crippen LogP contribution >= 0.6 is 11.6 Å². The Kier molecular flexibility index (Phi) is 6.51. The van der Waals surface area contributed by atoms with E-state index < -0.39 is 5.60 Å². The average Bonchev–Trinajstić information content (AvgIpc) is 3.52. The van der Waals surface area contributed by atoms with Crippen LogP contribution in [0, 0.1) is 0 Å². The summed E-state index contributed by atoms with van der Waals surface area (Å²) in [6, 6.07) is 11.3. The van der Waals surface area contributed by atoms with Crippen LogP contribution in [0.5, 0.6) is 0 Å². The van der Waals surface area contributed by atoms with E-state index in [0.29, 0.717) is 61.8 Å². The maximum atomic E-state index is 13.6. The fourth-order valence-electron chi connectivity index (χ4n) is 6.33. The van der Waals surface area contributed by atoms with E-state index in [9.17, 15) is 14.7 Å². The molecule has 2 saturated heterocycles. The maximum absolute atomic E-state index is 13.6. The lowest BCUT2D eigenvalue weighted by Gasteiger charge is -2.47. The number of H-pyrrole nitrogens is 1. The van der Waals surface area contributed by atoms with Gasteiger partial charge in [0.25, 0.3) is 0 Å². The van der Waals surface area contributed by atoms with Crippen LogP contribution in [-0.2, 0) is 11.3 Å². The van der Waals surface area contributed by atoms with Crippen molar-refractivity contribution in [3.05, 3.63) is 70.6 Å². The number of imidazole rings is 1. The molecule has 4 aromatic heterocycles. The van der Waals surface area contributed by atoms with Gasteiger partial charge in [-0.2, -0.15) is 0 Å². The van der Waals surface area contributed by atoms with Crippen LogP contribution in [0.3, 0.4) is 0 Å². The van der Waals surface area contributed by atoms with Gasteiger partial charge < -0.3 is 19.5 Å².